The molecule has 1 heterocycles. The van der Waals surface area contributed by atoms with E-state index in [0.29, 0.717) is 12.1 Å². The third-order valence-corrected chi connectivity index (χ3v) is 6.74. The first-order chi connectivity index (χ1) is 13.3. The van der Waals surface area contributed by atoms with Gasteiger partial charge in [0.05, 0.1) is 6.61 Å². The molecule has 0 bridgehead atoms. The van der Waals surface area contributed by atoms with Crippen molar-refractivity contribution in [2.45, 2.75) is 50.3 Å². The van der Waals surface area contributed by atoms with E-state index in [9.17, 15) is 18.6 Å². The number of benzene rings is 1. The average Bonchev–Trinajstić information content (AvgIpc) is 2.61. The maximum atomic E-state index is 13.3. The van der Waals surface area contributed by atoms with Crippen LogP contribution in [0.15, 0.2) is 23.1 Å². The number of aliphatic hydroxyl groups excluding tert-OH is 1. The van der Waals surface area contributed by atoms with Crippen molar-refractivity contribution in [1.29, 1.82) is 0 Å². The lowest BCUT2D eigenvalue weighted by Crippen LogP contribution is -2.49. The molecule has 1 aliphatic rings. The first-order valence-corrected chi connectivity index (χ1v) is 11.1. The van der Waals surface area contributed by atoms with Gasteiger partial charge < -0.3 is 19.8 Å². The molecule has 0 saturated heterocycles. The largest absolute Gasteiger partial charge is 0.487 e. The molecular formula is C21H32N2O5S. The third kappa shape index (κ3) is 5.93. The summed E-state index contributed by atoms with van der Waals surface area (Å²) in [6, 6.07) is 4.14. The van der Waals surface area contributed by atoms with E-state index in [2.05, 4.69) is 11.8 Å². The summed E-state index contributed by atoms with van der Waals surface area (Å²) < 4.78 is 34.2. The van der Waals surface area contributed by atoms with E-state index >= 15 is 0 Å². The molecule has 1 aromatic rings. The van der Waals surface area contributed by atoms with Gasteiger partial charge in [-0.2, -0.15) is 4.31 Å². The predicted octanol–water partition coefficient (Wildman–Crippen LogP) is 1.14. The molecule has 0 amide bonds. The highest BCUT2D eigenvalue weighted by molar-refractivity contribution is 7.89. The van der Waals surface area contributed by atoms with Gasteiger partial charge in [0, 0.05) is 30.6 Å². The molecule has 0 aliphatic carbocycles. The number of rotatable bonds is 4. The van der Waals surface area contributed by atoms with Crippen LogP contribution in [0.5, 0.6) is 5.75 Å². The highest BCUT2D eigenvalue weighted by atomic mass is 32.2. The van der Waals surface area contributed by atoms with Crippen LogP contribution in [0.3, 0.4) is 0 Å². The Bertz CT molecular complexity index is 881. The molecule has 3 atom stereocenters. The van der Waals surface area contributed by atoms with E-state index in [0.717, 1.165) is 0 Å². The van der Waals surface area contributed by atoms with E-state index in [-0.39, 0.29) is 35.8 Å². The van der Waals surface area contributed by atoms with Crippen molar-refractivity contribution in [2.75, 3.05) is 33.8 Å². The fourth-order valence-electron chi connectivity index (χ4n) is 3.11. The van der Waals surface area contributed by atoms with Crippen molar-refractivity contribution in [3.8, 4) is 17.6 Å². The molecule has 2 rings (SSSR count). The Morgan fingerprint density at radius 3 is 2.59 bits per heavy atom. The second kappa shape index (κ2) is 9.02. The second-order valence-electron chi connectivity index (χ2n) is 8.47. The van der Waals surface area contributed by atoms with Crippen LogP contribution < -0.4 is 4.74 Å². The number of ether oxygens (including phenoxy) is 1. The highest BCUT2D eigenvalue weighted by Crippen LogP contribution is 2.34. The van der Waals surface area contributed by atoms with Gasteiger partial charge in [0.15, 0.2) is 0 Å². The molecule has 1 aliphatic heterocycles. The summed E-state index contributed by atoms with van der Waals surface area (Å²) in [6.07, 6.45) is -0.245. The van der Waals surface area contributed by atoms with Gasteiger partial charge in [0.2, 0.25) is 10.0 Å². The number of hydrogen-bond donors (Lipinski definition) is 2. The lowest BCUT2D eigenvalue weighted by atomic mass is 10.0. The Labute approximate surface area is 174 Å². The number of aliphatic hydroxyl groups is 2. The van der Waals surface area contributed by atoms with Crippen molar-refractivity contribution in [1.82, 2.24) is 9.21 Å². The molecule has 0 saturated carbocycles. The van der Waals surface area contributed by atoms with Crippen molar-refractivity contribution < 1.29 is 23.4 Å². The summed E-state index contributed by atoms with van der Waals surface area (Å²) in [4.78, 5) is 2.05. The SMILES string of the molecule is C[C@@H]1CN([C@@H](C)CO)S(=O)(=O)c2ccc(C#CC(C)(C)O)cc2O[C@H]1CN(C)C. The van der Waals surface area contributed by atoms with Crippen molar-refractivity contribution >= 4 is 10.0 Å². The molecule has 0 aromatic heterocycles. The summed E-state index contributed by atoms with van der Waals surface area (Å²) >= 11 is 0. The van der Waals surface area contributed by atoms with Crippen molar-refractivity contribution in [3.63, 3.8) is 0 Å². The van der Waals surface area contributed by atoms with Crippen molar-refractivity contribution in [3.05, 3.63) is 23.8 Å². The van der Waals surface area contributed by atoms with E-state index in [4.69, 9.17) is 4.74 Å². The summed E-state index contributed by atoms with van der Waals surface area (Å²) in [7, 11) is 0.0110. The first-order valence-electron chi connectivity index (χ1n) is 9.69. The number of likely N-dealkylation sites (N-methyl/N-ethyl adjacent to an activating group) is 1. The van der Waals surface area contributed by atoms with Crippen LogP contribution in [-0.2, 0) is 10.0 Å². The second-order valence-corrected chi connectivity index (χ2v) is 10.3. The maximum absolute atomic E-state index is 13.3. The van der Waals surface area contributed by atoms with Gasteiger partial charge in [-0.05, 0) is 53.1 Å². The Hall–Kier alpha value is -1.63. The van der Waals surface area contributed by atoms with Crippen LogP contribution in [0.1, 0.15) is 33.3 Å². The molecular weight excluding hydrogens is 392 g/mol. The fourth-order valence-corrected chi connectivity index (χ4v) is 4.93. The number of sulfonamides is 1. The van der Waals surface area contributed by atoms with Gasteiger partial charge in [-0.25, -0.2) is 8.42 Å². The summed E-state index contributed by atoms with van der Waals surface area (Å²) in [5, 5.41) is 19.5. The topological polar surface area (TPSA) is 90.3 Å². The number of nitrogens with zero attached hydrogens (tertiary/aromatic N) is 2. The van der Waals surface area contributed by atoms with Crippen LogP contribution in [0, 0.1) is 17.8 Å². The first kappa shape index (κ1) is 23.6. The van der Waals surface area contributed by atoms with Crippen LogP contribution >= 0.6 is 0 Å². The van der Waals surface area contributed by atoms with Gasteiger partial charge in [0.25, 0.3) is 0 Å². The molecule has 7 nitrogen and oxygen atoms in total. The molecule has 0 radical (unpaired) electrons. The van der Waals surface area contributed by atoms with Crippen LogP contribution in [0.4, 0.5) is 0 Å². The van der Waals surface area contributed by atoms with Crippen LogP contribution in [0.25, 0.3) is 0 Å². The standard InChI is InChI=1S/C21H32N2O5S/c1-15-12-23(16(2)14-24)29(26,27)20-8-7-17(9-10-21(3,4)25)11-18(20)28-19(15)13-22(5)6/h7-8,11,15-16,19,24-25H,12-14H2,1-6H3/t15-,16+,19+/m1/s1. The Balaban J connectivity index is 2.62. The quantitative estimate of drug-likeness (QED) is 0.705. The van der Waals surface area contributed by atoms with Gasteiger partial charge >= 0.3 is 0 Å². The molecule has 0 unspecified atom stereocenters. The fraction of sp³-hybridized carbons (Fsp3) is 0.619. The van der Waals surface area contributed by atoms with Crippen LogP contribution in [0.2, 0.25) is 0 Å². The molecule has 162 valence electrons. The minimum Gasteiger partial charge on any atom is -0.487 e. The smallest absolute Gasteiger partial charge is 0.247 e. The third-order valence-electron chi connectivity index (χ3n) is 4.72. The van der Waals surface area contributed by atoms with Crippen molar-refractivity contribution in [2.24, 2.45) is 5.92 Å². The zero-order valence-corrected chi connectivity index (χ0v) is 18.8. The van der Waals surface area contributed by atoms with Gasteiger partial charge in [-0.15, -0.1) is 0 Å². The lowest BCUT2D eigenvalue weighted by molar-refractivity contribution is 0.0812. The minimum absolute atomic E-state index is 0.0577. The molecule has 2 N–H and O–H groups in total. The molecule has 0 fully saturated rings. The predicted molar refractivity (Wildman–Crippen MR) is 112 cm³/mol. The summed E-state index contributed by atoms with van der Waals surface area (Å²) in [5.41, 5.74) is -0.605. The number of hydrogen-bond acceptors (Lipinski definition) is 6. The van der Waals surface area contributed by atoms with Gasteiger partial charge in [0.1, 0.15) is 22.4 Å². The normalized spacial score (nSPS) is 23.2. The molecule has 8 heteroatoms. The lowest BCUT2D eigenvalue weighted by Gasteiger charge is -2.37. The average molecular weight is 425 g/mol. The van der Waals surface area contributed by atoms with E-state index < -0.39 is 21.7 Å². The molecule has 29 heavy (non-hydrogen) atoms. The zero-order valence-electron chi connectivity index (χ0n) is 18.0. The minimum atomic E-state index is -3.86. The Morgan fingerprint density at radius 2 is 2.03 bits per heavy atom. The number of fused-ring (bicyclic) bond motifs is 1. The van der Waals surface area contributed by atoms with Crippen LogP contribution in [-0.4, -0.2) is 79.4 Å². The summed E-state index contributed by atoms with van der Waals surface area (Å²) in [5.74, 6) is 5.74. The Morgan fingerprint density at radius 1 is 1.38 bits per heavy atom. The zero-order chi connectivity index (χ0) is 22.0. The van der Waals surface area contributed by atoms with E-state index in [1.54, 1.807) is 32.9 Å². The molecule has 0 spiro atoms. The van der Waals surface area contributed by atoms with Gasteiger partial charge in [-0.3, -0.25) is 0 Å². The van der Waals surface area contributed by atoms with Gasteiger partial charge in [-0.1, -0.05) is 18.8 Å². The molecule has 1 aromatic carbocycles. The van der Waals surface area contributed by atoms with E-state index in [1.807, 2.05) is 25.9 Å². The summed E-state index contributed by atoms with van der Waals surface area (Å²) in [6.45, 7) is 7.40. The highest BCUT2D eigenvalue weighted by Gasteiger charge is 2.37. The van der Waals surface area contributed by atoms with E-state index in [1.165, 1.54) is 10.4 Å². The monoisotopic (exact) mass is 424 g/mol. The maximum Gasteiger partial charge on any atom is 0.247 e. The Kier molecular flexibility index (Phi) is 7.36.